The van der Waals surface area contributed by atoms with Crippen molar-refractivity contribution in [1.29, 1.82) is 0 Å². The molecule has 0 aromatic heterocycles. The SMILES string of the molecule is CC(=O)c1ccccc1.O=CO. The van der Waals surface area contributed by atoms with E-state index in [0.717, 1.165) is 5.56 Å². The second kappa shape index (κ2) is 6.09. The summed E-state index contributed by atoms with van der Waals surface area (Å²) in [6.07, 6.45) is 0. The maximum atomic E-state index is 10.6. The summed E-state index contributed by atoms with van der Waals surface area (Å²) in [4.78, 5) is 19.0. The average Bonchev–Trinajstić information content (AvgIpc) is 2.07. The number of ketones is 1. The summed E-state index contributed by atoms with van der Waals surface area (Å²) in [5.41, 5.74) is 0.775. The molecule has 12 heavy (non-hydrogen) atoms. The largest absolute Gasteiger partial charge is 0.483 e. The zero-order valence-corrected chi connectivity index (χ0v) is 6.73. The number of rotatable bonds is 1. The van der Waals surface area contributed by atoms with Crippen molar-refractivity contribution in [2.75, 3.05) is 0 Å². The Balaban J connectivity index is 0.000000354. The molecule has 0 bridgehead atoms. The van der Waals surface area contributed by atoms with E-state index in [2.05, 4.69) is 0 Å². The van der Waals surface area contributed by atoms with Gasteiger partial charge in [0.2, 0.25) is 0 Å². The number of hydrogen-bond donors (Lipinski definition) is 1. The Morgan fingerprint density at radius 2 is 1.75 bits per heavy atom. The summed E-state index contributed by atoms with van der Waals surface area (Å²) in [5, 5.41) is 6.89. The molecular formula is C9H10O3. The van der Waals surface area contributed by atoms with E-state index in [1.165, 1.54) is 0 Å². The number of carboxylic acid groups (broad SMARTS) is 1. The summed E-state index contributed by atoms with van der Waals surface area (Å²) in [7, 11) is 0. The molecule has 0 radical (unpaired) electrons. The standard InChI is InChI=1S/C8H8O.CH2O2/c1-7(9)8-5-3-2-4-6-8;2-1-3/h2-6H,1H3;1H,(H,2,3). The van der Waals surface area contributed by atoms with E-state index in [9.17, 15) is 4.79 Å². The fourth-order valence-corrected chi connectivity index (χ4v) is 0.673. The number of carbonyl (C=O) groups is 2. The molecule has 3 heteroatoms. The topological polar surface area (TPSA) is 54.4 Å². The van der Waals surface area contributed by atoms with E-state index < -0.39 is 0 Å². The molecule has 1 aromatic rings. The van der Waals surface area contributed by atoms with Crippen LogP contribution in [0.3, 0.4) is 0 Å². The van der Waals surface area contributed by atoms with Gasteiger partial charge in [0.25, 0.3) is 6.47 Å². The lowest BCUT2D eigenvalue weighted by atomic mass is 10.2. The van der Waals surface area contributed by atoms with E-state index in [0.29, 0.717) is 0 Å². The quantitative estimate of drug-likeness (QED) is 0.509. The molecular weight excluding hydrogens is 156 g/mol. The van der Waals surface area contributed by atoms with Gasteiger partial charge >= 0.3 is 0 Å². The Morgan fingerprint density at radius 1 is 1.33 bits per heavy atom. The van der Waals surface area contributed by atoms with Crippen molar-refractivity contribution < 1.29 is 14.7 Å². The predicted octanol–water partition coefficient (Wildman–Crippen LogP) is 1.59. The third-order valence-corrected chi connectivity index (χ3v) is 1.18. The minimum absolute atomic E-state index is 0.121. The van der Waals surface area contributed by atoms with Crippen LogP contribution >= 0.6 is 0 Å². The highest BCUT2D eigenvalue weighted by Gasteiger charge is 1.92. The summed E-state index contributed by atoms with van der Waals surface area (Å²) in [6, 6.07) is 9.23. The number of carbonyl (C=O) groups excluding carboxylic acids is 1. The molecule has 0 unspecified atom stereocenters. The lowest BCUT2D eigenvalue weighted by Crippen LogP contribution is -1.88. The van der Waals surface area contributed by atoms with Crippen LogP contribution in [0.2, 0.25) is 0 Å². The molecule has 0 saturated heterocycles. The van der Waals surface area contributed by atoms with Crippen LogP contribution in [0.1, 0.15) is 17.3 Å². The first-order valence-electron chi connectivity index (χ1n) is 3.36. The normalized spacial score (nSPS) is 7.75. The molecule has 0 atom stereocenters. The van der Waals surface area contributed by atoms with Gasteiger partial charge in [-0.2, -0.15) is 0 Å². The van der Waals surface area contributed by atoms with E-state index in [4.69, 9.17) is 9.90 Å². The molecule has 0 aliphatic heterocycles. The van der Waals surface area contributed by atoms with E-state index in [-0.39, 0.29) is 12.3 Å². The lowest BCUT2D eigenvalue weighted by Gasteiger charge is -1.89. The fraction of sp³-hybridized carbons (Fsp3) is 0.111. The van der Waals surface area contributed by atoms with E-state index >= 15 is 0 Å². The van der Waals surface area contributed by atoms with E-state index in [1.54, 1.807) is 6.92 Å². The van der Waals surface area contributed by atoms with Crippen molar-refractivity contribution in [3.8, 4) is 0 Å². The highest BCUT2D eigenvalue weighted by molar-refractivity contribution is 5.93. The Hall–Kier alpha value is -1.64. The summed E-state index contributed by atoms with van der Waals surface area (Å²) >= 11 is 0. The van der Waals surface area contributed by atoms with Gasteiger partial charge in [-0.25, -0.2) is 0 Å². The van der Waals surface area contributed by atoms with Crippen molar-refractivity contribution in [2.24, 2.45) is 0 Å². The molecule has 3 nitrogen and oxygen atoms in total. The molecule has 0 aliphatic carbocycles. The van der Waals surface area contributed by atoms with Gasteiger partial charge in [-0.3, -0.25) is 9.59 Å². The molecule has 0 saturated carbocycles. The van der Waals surface area contributed by atoms with Crippen LogP contribution in [0.15, 0.2) is 30.3 Å². The fourth-order valence-electron chi connectivity index (χ4n) is 0.673. The Labute approximate surface area is 70.6 Å². The van der Waals surface area contributed by atoms with Gasteiger partial charge in [0.05, 0.1) is 0 Å². The van der Waals surface area contributed by atoms with Gasteiger partial charge in [0, 0.05) is 5.56 Å². The smallest absolute Gasteiger partial charge is 0.290 e. The molecule has 0 aliphatic rings. The van der Waals surface area contributed by atoms with Gasteiger partial charge < -0.3 is 5.11 Å². The van der Waals surface area contributed by atoms with E-state index in [1.807, 2.05) is 30.3 Å². The second-order valence-electron chi connectivity index (χ2n) is 2.03. The Bertz CT molecular complexity index is 241. The Kier molecular flexibility index (Phi) is 5.26. The molecule has 1 N–H and O–H groups in total. The molecule has 64 valence electrons. The van der Waals surface area contributed by atoms with Crippen LogP contribution in [0.5, 0.6) is 0 Å². The highest BCUT2D eigenvalue weighted by atomic mass is 16.3. The van der Waals surface area contributed by atoms with Crippen molar-refractivity contribution in [2.45, 2.75) is 6.92 Å². The monoisotopic (exact) mass is 166 g/mol. The molecule has 1 rings (SSSR count). The Morgan fingerprint density at radius 3 is 2.00 bits per heavy atom. The van der Waals surface area contributed by atoms with Gasteiger partial charge in [-0.05, 0) is 6.92 Å². The predicted molar refractivity (Wildman–Crippen MR) is 45.1 cm³/mol. The maximum absolute atomic E-state index is 10.6. The first kappa shape index (κ1) is 10.4. The zero-order chi connectivity index (χ0) is 9.40. The van der Waals surface area contributed by atoms with Crippen molar-refractivity contribution in [1.82, 2.24) is 0 Å². The number of hydrogen-bond acceptors (Lipinski definition) is 2. The molecule has 1 aromatic carbocycles. The molecule has 0 spiro atoms. The zero-order valence-electron chi connectivity index (χ0n) is 6.73. The van der Waals surface area contributed by atoms with Crippen LogP contribution in [0.25, 0.3) is 0 Å². The number of Topliss-reactive ketones (excluding diaryl/α,β-unsaturated/α-hetero) is 1. The van der Waals surface area contributed by atoms with Crippen LogP contribution in [-0.4, -0.2) is 17.4 Å². The number of benzene rings is 1. The van der Waals surface area contributed by atoms with Crippen molar-refractivity contribution >= 4 is 12.3 Å². The molecule has 0 amide bonds. The van der Waals surface area contributed by atoms with Gasteiger partial charge in [-0.1, -0.05) is 30.3 Å². The van der Waals surface area contributed by atoms with Gasteiger partial charge in [-0.15, -0.1) is 0 Å². The maximum Gasteiger partial charge on any atom is 0.290 e. The van der Waals surface area contributed by atoms with Crippen LogP contribution in [0.4, 0.5) is 0 Å². The minimum atomic E-state index is -0.250. The first-order chi connectivity index (χ1) is 5.72. The molecule has 0 fully saturated rings. The molecule has 0 heterocycles. The van der Waals surface area contributed by atoms with Crippen molar-refractivity contribution in [3.63, 3.8) is 0 Å². The second-order valence-corrected chi connectivity index (χ2v) is 2.03. The lowest BCUT2D eigenvalue weighted by molar-refractivity contribution is -0.122. The van der Waals surface area contributed by atoms with Crippen LogP contribution in [-0.2, 0) is 4.79 Å². The van der Waals surface area contributed by atoms with Gasteiger partial charge in [0.1, 0.15) is 0 Å². The highest BCUT2D eigenvalue weighted by Crippen LogP contribution is 1.97. The minimum Gasteiger partial charge on any atom is -0.483 e. The summed E-state index contributed by atoms with van der Waals surface area (Å²) < 4.78 is 0. The van der Waals surface area contributed by atoms with Crippen LogP contribution < -0.4 is 0 Å². The summed E-state index contributed by atoms with van der Waals surface area (Å²) in [6.45, 7) is 1.31. The average molecular weight is 166 g/mol. The first-order valence-corrected chi connectivity index (χ1v) is 3.36. The third-order valence-electron chi connectivity index (χ3n) is 1.18. The van der Waals surface area contributed by atoms with Crippen molar-refractivity contribution in [3.05, 3.63) is 35.9 Å². The van der Waals surface area contributed by atoms with Gasteiger partial charge in [0.15, 0.2) is 5.78 Å². The third kappa shape index (κ3) is 4.22. The summed E-state index contributed by atoms with van der Waals surface area (Å²) in [5.74, 6) is 0.121. The van der Waals surface area contributed by atoms with Crippen LogP contribution in [0, 0.1) is 0 Å².